The third-order valence-corrected chi connectivity index (χ3v) is 3.91. The standard InChI is InChI=1S/C17H36N2O/c1-4-7-9-10-11-12-14-18-17(20)19-15-16(6-3)13-8-5-2/h16H,4-15H2,1-3H3,(H2,18,19,20). The van der Waals surface area contributed by atoms with Crippen LogP contribution >= 0.6 is 0 Å². The summed E-state index contributed by atoms with van der Waals surface area (Å²) in [7, 11) is 0. The summed E-state index contributed by atoms with van der Waals surface area (Å²) >= 11 is 0. The average molecular weight is 284 g/mol. The number of amides is 2. The zero-order valence-electron chi connectivity index (χ0n) is 14.0. The Bertz CT molecular complexity index is 219. The molecule has 2 amide bonds. The van der Waals surface area contributed by atoms with Crippen LogP contribution < -0.4 is 10.6 Å². The van der Waals surface area contributed by atoms with E-state index in [0.717, 1.165) is 25.9 Å². The lowest BCUT2D eigenvalue weighted by molar-refractivity contribution is 0.238. The molecular formula is C17H36N2O. The minimum absolute atomic E-state index is 0.00788. The third-order valence-electron chi connectivity index (χ3n) is 3.91. The van der Waals surface area contributed by atoms with Gasteiger partial charge in [0.25, 0.3) is 0 Å². The number of carbonyl (C=O) groups is 1. The number of unbranched alkanes of at least 4 members (excludes halogenated alkanes) is 6. The molecule has 0 aliphatic heterocycles. The fraction of sp³-hybridized carbons (Fsp3) is 0.941. The number of urea groups is 1. The Balaban J connectivity index is 3.43. The van der Waals surface area contributed by atoms with Gasteiger partial charge in [-0.1, -0.05) is 72.1 Å². The van der Waals surface area contributed by atoms with Gasteiger partial charge in [-0.15, -0.1) is 0 Å². The van der Waals surface area contributed by atoms with Gasteiger partial charge in [0, 0.05) is 13.1 Å². The second-order valence-corrected chi connectivity index (χ2v) is 5.82. The summed E-state index contributed by atoms with van der Waals surface area (Å²) in [5.41, 5.74) is 0. The van der Waals surface area contributed by atoms with Gasteiger partial charge < -0.3 is 10.6 Å². The first-order valence-electron chi connectivity index (χ1n) is 8.76. The van der Waals surface area contributed by atoms with Gasteiger partial charge >= 0.3 is 6.03 Å². The molecule has 0 bridgehead atoms. The van der Waals surface area contributed by atoms with Crippen LogP contribution in [0.5, 0.6) is 0 Å². The molecule has 3 nitrogen and oxygen atoms in total. The largest absolute Gasteiger partial charge is 0.338 e. The minimum atomic E-state index is 0.00788. The third kappa shape index (κ3) is 12.3. The molecule has 0 aromatic carbocycles. The highest BCUT2D eigenvalue weighted by Crippen LogP contribution is 2.11. The molecule has 3 heteroatoms. The SMILES string of the molecule is CCCCCCCCNC(=O)NCC(CC)CCCC. The van der Waals surface area contributed by atoms with E-state index in [9.17, 15) is 4.79 Å². The Morgan fingerprint density at radius 2 is 1.50 bits per heavy atom. The molecule has 1 atom stereocenters. The number of rotatable bonds is 13. The molecule has 0 aliphatic rings. The van der Waals surface area contributed by atoms with E-state index in [1.54, 1.807) is 0 Å². The zero-order chi connectivity index (χ0) is 15.1. The number of hydrogen-bond donors (Lipinski definition) is 2. The fourth-order valence-electron chi connectivity index (χ4n) is 2.35. The number of carbonyl (C=O) groups excluding carboxylic acids is 1. The van der Waals surface area contributed by atoms with E-state index in [1.807, 2.05) is 0 Å². The normalized spacial score (nSPS) is 12.2. The van der Waals surface area contributed by atoms with Crippen molar-refractivity contribution in [2.24, 2.45) is 5.92 Å². The van der Waals surface area contributed by atoms with Crippen LogP contribution in [0.1, 0.15) is 85.0 Å². The Hall–Kier alpha value is -0.730. The van der Waals surface area contributed by atoms with E-state index in [-0.39, 0.29) is 6.03 Å². The van der Waals surface area contributed by atoms with Gasteiger partial charge in [-0.3, -0.25) is 0 Å². The van der Waals surface area contributed by atoms with Crippen LogP contribution in [0.4, 0.5) is 4.79 Å². The van der Waals surface area contributed by atoms with Crippen molar-refractivity contribution in [3.05, 3.63) is 0 Å². The van der Waals surface area contributed by atoms with Crippen LogP contribution in [0.25, 0.3) is 0 Å². The van der Waals surface area contributed by atoms with Crippen molar-refractivity contribution >= 4 is 6.03 Å². The van der Waals surface area contributed by atoms with Gasteiger partial charge in [-0.05, 0) is 18.8 Å². The van der Waals surface area contributed by atoms with Gasteiger partial charge in [-0.25, -0.2) is 4.79 Å². The summed E-state index contributed by atoms with van der Waals surface area (Å²) in [6, 6.07) is 0.00788. The first-order valence-corrected chi connectivity index (χ1v) is 8.76. The second-order valence-electron chi connectivity index (χ2n) is 5.82. The van der Waals surface area contributed by atoms with E-state index in [4.69, 9.17) is 0 Å². The lowest BCUT2D eigenvalue weighted by atomic mass is 9.99. The highest BCUT2D eigenvalue weighted by Gasteiger charge is 2.07. The van der Waals surface area contributed by atoms with Crippen molar-refractivity contribution in [1.29, 1.82) is 0 Å². The summed E-state index contributed by atoms with van der Waals surface area (Å²) in [5.74, 6) is 0.634. The summed E-state index contributed by atoms with van der Waals surface area (Å²) < 4.78 is 0. The summed E-state index contributed by atoms with van der Waals surface area (Å²) in [5, 5.41) is 5.96. The first-order chi connectivity index (χ1) is 9.74. The smallest absolute Gasteiger partial charge is 0.314 e. The predicted octanol–water partition coefficient (Wildman–Crippen LogP) is 4.86. The molecular weight excluding hydrogens is 248 g/mol. The average Bonchev–Trinajstić information content (AvgIpc) is 2.46. The van der Waals surface area contributed by atoms with Gasteiger partial charge in [0.2, 0.25) is 0 Å². The Kier molecular flexibility index (Phi) is 14.1. The molecule has 0 aromatic rings. The monoisotopic (exact) mass is 284 g/mol. The van der Waals surface area contributed by atoms with E-state index in [2.05, 4.69) is 31.4 Å². The van der Waals surface area contributed by atoms with Crippen LogP contribution in [0, 0.1) is 5.92 Å². The second kappa shape index (κ2) is 14.7. The van der Waals surface area contributed by atoms with E-state index < -0.39 is 0 Å². The quantitative estimate of drug-likeness (QED) is 0.466. The summed E-state index contributed by atoms with van der Waals surface area (Å²) in [4.78, 5) is 11.7. The molecule has 0 aromatic heterocycles. The molecule has 120 valence electrons. The molecule has 0 rings (SSSR count). The Labute approximate surface area is 126 Å². The van der Waals surface area contributed by atoms with Crippen molar-refractivity contribution in [2.45, 2.75) is 85.0 Å². The van der Waals surface area contributed by atoms with Gasteiger partial charge in [0.1, 0.15) is 0 Å². The van der Waals surface area contributed by atoms with Crippen LogP contribution in [-0.4, -0.2) is 19.1 Å². The Morgan fingerprint density at radius 3 is 2.15 bits per heavy atom. The maximum atomic E-state index is 11.7. The highest BCUT2D eigenvalue weighted by molar-refractivity contribution is 5.73. The maximum absolute atomic E-state index is 11.7. The number of hydrogen-bond acceptors (Lipinski definition) is 1. The molecule has 2 N–H and O–H groups in total. The van der Waals surface area contributed by atoms with Crippen molar-refractivity contribution in [3.8, 4) is 0 Å². The lowest BCUT2D eigenvalue weighted by Crippen LogP contribution is -2.38. The van der Waals surface area contributed by atoms with Crippen LogP contribution in [-0.2, 0) is 0 Å². The van der Waals surface area contributed by atoms with Gasteiger partial charge in [0.05, 0.1) is 0 Å². The highest BCUT2D eigenvalue weighted by atomic mass is 16.2. The summed E-state index contributed by atoms with van der Waals surface area (Å²) in [6.07, 6.45) is 12.5. The Morgan fingerprint density at radius 1 is 0.850 bits per heavy atom. The van der Waals surface area contributed by atoms with Crippen LogP contribution in [0.3, 0.4) is 0 Å². The van der Waals surface area contributed by atoms with Crippen molar-refractivity contribution in [3.63, 3.8) is 0 Å². The van der Waals surface area contributed by atoms with Gasteiger partial charge in [-0.2, -0.15) is 0 Å². The molecule has 0 heterocycles. The van der Waals surface area contributed by atoms with Crippen molar-refractivity contribution < 1.29 is 4.79 Å². The van der Waals surface area contributed by atoms with E-state index in [0.29, 0.717) is 5.92 Å². The molecule has 0 radical (unpaired) electrons. The molecule has 20 heavy (non-hydrogen) atoms. The first kappa shape index (κ1) is 19.3. The van der Waals surface area contributed by atoms with Crippen molar-refractivity contribution in [1.82, 2.24) is 10.6 Å². The maximum Gasteiger partial charge on any atom is 0.314 e. The van der Waals surface area contributed by atoms with Crippen LogP contribution in [0.2, 0.25) is 0 Å². The van der Waals surface area contributed by atoms with Crippen LogP contribution in [0.15, 0.2) is 0 Å². The molecule has 0 saturated carbocycles. The predicted molar refractivity (Wildman–Crippen MR) is 88.1 cm³/mol. The van der Waals surface area contributed by atoms with E-state index in [1.165, 1.54) is 51.4 Å². The molecule has 0 saturated heterocycles. The number of nitrogens with one attached hydrogen (secondary N) is 2. The van der Waals surface area contributed by atoms with E-state index >= 15 is 0 Å². The summed E-state index contributed by atoms with van der Waals surface area (Å²) in [6.45, 7) is 8.28. The van der Waals surface area contributed by atoms with Crippen molar-refractivity contribution in [2.75, 3.05) is 13.1 Å². The molecule has 0 fully saturated rings. The molecule has 0 aliphatic carbocycles. The zero-order valence-corrected chi connectivity index (χ0v) is 14.0. The molecule has 0 spiro atoms. The lowest BCUT2D eigenvalue weighted by Gasteiger charge is -2.15. The molecule has 1 unspecified atom stereocenters. The topological polar surface area (TPSA) is 41.1 Å². The minimum Gasteiger partial charge on any atom is -0.338 e. The fourth-order valence-corrected chi connectivity index (χ4v) is 2.35. The van der Waals surface area contributed by atoms with Gasteiger partial charge in [0.15, 0.2) is 0 Å².